The largest absolute Gasteiger partial charge is 0.327 e. The fraction of sp³-hybridized carbons (Fsp3) is 0.600. The second-order valence-corrected chi connectivity index (χ2v) is 8.64. The van der Waals surface area contributed by atoms with E-state index >= 15 is 0 Å². The molecule has 3 unspecified atom stereocenters. The molecule has 1 heterocycles. The lowest BCUT2D eigenvalue weighted by atomic mass is 9.98. The standard InChI is InChI=1S/C15H21ClN2O2S/c16-14-4-2-1-3-11(14)7-8-21(19,20)18-9-12-5-6-15(17)13(12)10-18/h1-4,12-13,15H,5-10,17H2. The van der Waals surface area contributed by atoms with Crippen LogP contribution in [0.4, 0.5) is 0 Å². The molecule has 0 aromatic heterocycles. The monoisotopic (exact) mass is 328 g/mol. The van der Waals surface area contributed by atoms with Gasteiger partial charge in [0, 0.05) is 24.2 Å². The van der Waals surface area contributed by atoms with E-state index < -0.39 is 10.0 Å². The summed E-state index contributed by atoms with van der Waals surface area (Å²) in [5, 5.41) is 0.632. The smallest absolute Gasteiger partial charge is 0.214 e. The number of aryl methyl sites for hydroxylation is 1. The van der Waals surface area contributed by atoms with Gasteiger partial charge in [-0.3, -0.25) is 0 Å². The van der Waals surface area contributed by atoms with Crippen LogP contribution in [0.5, 0.6) is 0 Å². The van der Waals surface area contributed by atoms with Crippen LogP contribution in [-0.2, 0) is 16.4 Å². The van der Waals surface area contributed by atoms with Crippen LogP contribution in [0.25, 0.3) is 0 Å². The first-order valence-corrected chi connectivity index (χ1v) is 9.43. The SMILES string of the molecule is NC1CCC2CN(S(=O)(=O)CCc3ccccc3Cl)CC12. The number of nitrogens with two attached hydrogens (primary N) is 1. The molecule has 3 atom stereocenters. The van der Waals surface area contributed by atoms with E-state index in [4.69, 9.17) is 17.3 Å². The first-order chi connectivity index (χ1) is 9.97. The highest BCUT2D eigenvalue weighted by atomic mass is 35.5. The second-order valence-electron chi connectivity index (χ2n) is 6.14. The van der Waals surface area contributed by atoms with Crippen LogP contribution in [0.2, 0.25) is 5.02 Å². The van der Waals surface area contributed by atoms with Gasteiger partial charge in [-0.2, -0.15) is 0 Å². The minimum atomic E-state index is -3.22. The third-order valence-corrected chi connectivity index (χ3v) is 7.03. The Morgan fingerprint density at radius 2 is 2.00 bits per heavy atom. The third-order valence-electron chi connectivity index (χ3n) is 4.86. The molecule has 1 aromatic rings. The highest BCUT2D eigenvalue weighted by Gasteiger charge is 2.44. The van der Waals surface area contributed by atoms with Gasteiger partial charge in [-0.1, -0.05) is 29.8 Å². The van der Waals surface area contributed by atoms with Crippen molar-refractivity contribution in [3.8, 4) is 0 Å². The van der Waals surface area contributed by atoms with Crippen molar-refractivity contribution < 1.29 is 8.42 Å². The molecule has 2 fully saturated rings. The molecule has 116 valence electrons. The summed E-state index contributed by atoms with van der Waals surface area (Å²) in [6.45, 7) is 1.24. The quantitative estimate of drug-likeness (QED) is 0.918. The molecule has 1 saturated heterocycles. The summed E-state index contributed by atoms with van der Waals surface area (Å²) in [4.78, 5) is 0. The van der Waals surface area contributed by atoms with Crippen molar-refractivity contribution in [1.82, 2.24) is 4.31 Å². The van der Waals surface area contributed by atoms with Crippen molar-refractivity contribution in [2.45, 2.75) is 25.3 Å². The zero-order chi connectivity index (χ0) is 15.0. The van der Waals surface area contributed by atoms with Gasteiger partial charge in [0.1, 0.15) is 0 Å². The van der Waals surface area contributed by atoms with Crippen molar-refractivity contribution in [3.63, 3.8) is 0 Å². The van der Waals surface area contributed by atoms with Gasteiger partial charge in [-0.25, -0.2) is 12.7 Å². The number of nitrogens with zero attached hydrogens (tertiary/aromatic N) is 1. The number of halogens is 1. The second kappa shape index (κ2) is 5.88. The van der Waals surface area contributed by atoms with Gasteiger partial charge < -0.3 is 5.73 Å². The van der Waals surface area contributed by atoms with Crippen LogP contribution in [-0.4, -0.2) is 37.6 Å². The minimum Gasteiger partial charge on any atom is -0.327 e. The molecule has 3 rings (SSSR count). The lowest BCUT2D eigenvalue weighted by Crippen LogP contribution is -2.35. The van der Waals surface area contributed by atoms with Crippen LogP contribution in [0, 0.1) is 11.8 Å². The fourth-order valence-electron chi connectivity index (χ4n) is 3.56. The minimum absolute atomic E-state index is 0.116. The first-order valence-electron chi connectivity index (χ1n) is 7.44. The highest BCUT2D eigenvalue weighted by molar-refractivity contribution is 7.89. The van der Waals surface area contributed by atoms with Crippen molar-refractivity contribution >= 4 is 21.6 Å². The molecule has 0 bridgehead atoms. The summed E-state index contributed by atoms with van der Waals surface area (Å²) in [5.74, 6) is 0.918. The maximum absolute atomic E-state index is 12.5. The van der Waals surface area contributed by atoms with Crippen LogP contribution in [0.3, 0.4) is 0 Å². The molecule has 2 N–H and O–H groups in total. The van der Waals surface area contributed by atoms with Gasteiger partial charge in [-0.15, -0.1) is 0 Å². The number of hydrogen-bond donors (Lipinski definition) is 1. The zero-order valence-electron chi connectivity index (χ0n) is 11.9. The van der Waals surface area contributed by atoms with E-state index in [0.29, 0.717) is 36.4 Å². The van der Waals surface area contributed by atoms with Crippen LogP contribution in [0.1, 0.15) is 18.4 Å². The van der Waals surface area contributed by atoms with E-state index in [2.05, 4.69) is 0 Å². The van der Waals surface area contributed by atoms with Crippen molar-refractivity contribution in [2.75, 3.05) is 18.8 Å². The molecular formula is C15H21ClN2O2S. The molecular weight excluding hydrogens is 308 g/mol. The normalized spacial score (nSPS) is 29.7. The molecule has 21 heavy (non-hydrogen) atoms. The molecule has 1 saturated carbocycles. The Balaban J connectivity index is 1.64. The Morgan fingerprint density at radius 3 is 2.71 bits per heavy atom. The Morgan fingerprint density at radius 1 is 1.24 bits per heavy atom. The number of fused-ring (bicyclic) bond motifs is 1. The number of rotatable bonds is 4. The maximum atomic E-state index is 12.5. The molecule has 1 aromatic carbocycles. The summed E-state index contributed by atoms with van der Waals surface area (Å²) < 4.78 is 26.6. The molecule has 4 nitrogen and oxygen atoms in total. The van der Waals surface area contributed by atoms with Gasteiger partial charge >= 0.3 is 0 Å². The topological polar surface area (TPSA) is 63.4 Å². The molecule has 6 heteroatoms. The van der Waals surface area contributed by atoms with Crippen molar-refractivity contribution in [1.29, 1.82) is 0 Å². The van der Waals surface area contributed by atoms with E-state index in [1.54, 1.807) is 10.4 Å². The van der Waals surface area contributed by atoms with Crippen molar-refractivity contribution in [3.05, 3.63) is 34.9 Å². The van der Waals surface area contributed by atoms with Gasteiger partial charge in [-0.05, 0) is 42.7 Å². The average molecular weight is 329 g/mol. The highest BCUT2D eigenvalue weighted by Crippen LogP contribution is 2.38. The molecule has 0 amide bonds. The summed E-state index contributed by atoms with van der Waals surface area (Å²) in [7, 11) is -3.22. The molecule has 1 aliphatic carbocycles. The molecule has 0 spiro atoms. The van der Waals surface area contributed by atoms with Crippen molar-refractivity contribution in [2.24, 2.45) is 17.6 Å². The van der Waals surface area contributed by atoms with Gasteiger partial charge in [0.25, 0.3) is 0 Å². The van der Waals surface area contributed by atoms with Crippen LogP contribution >= 0.6 is 11.6 Å². The van der Waals surface area contributed by atoms with Crippen LogP contribution < -0.4 is 5.73 Å². The van der Waals surface area contributed by atoms with E-state index in [9.17, 15) is 8.42 Å². The number of benzene rings is 1. The summed E-state index contributed by atoms with van der Waals surface area (Å²) in [6, 6.07) is 7.57. The van der Waals surface area contributed by atoms with Crippen LogP contribution in [0.15, 0.2) is 24.3 Å². The molecule has 0 radical (unpaired) electrons. The van der Waals surface area contributed by atoms with Gasteiger partial charge in [0.2, 0.25) is 10.0 Å². The fourth-order valence-corrected chi connectivity index (χ4v) is 5.35. The summed E-state index contributed by atoms with van der Waals surface area (Å²) >= 11 is 6.08. The first kappa shape index (κ1) is 15.3. The Hall–Kier alpha value is -0.620. The lowest BCUT2D eigenvalue weighted by Gasteiger charge is -2.18. The number of hydrogen-bond acceptors (Lipinski definition) is 3. The Bertz CT molecular complexity index is 620. The molecule has 2 aliphatic rings. The predicted molar refractivity (Wildman–Crippen MR) is 84.7 cm³/mol. The summed E-state index contributed by atoms with van der Waals surface area (Å²) in [6.07, 6.45) is 2.55. The van der Waals surface area contributed by atoms with Gasteiger partial charge in [0.05, 0.1) is 5.75 Å². The Labute approximate surface area is 131 Å². The Kier molecular flexibility index (Phi) is 4.28. The number of sulfonamides is 1. The third kappa shape index (κ3) is 3.11. The van der Waals surface area contributed by atoms with E-state index in [-0.39, 0.29) is 11.8 Å². The van der Waals surface area contributed by atoms with Gasteiger partial charge in [0.15, 0.2) is 0 Å². The predicted octanol–water partition coefficient (Wildman–Crippen LogP) is 1.88. The average Bonchev–Trinajstić information content (AvgIpc) is 3.01. The summed E-state index contributed by atoms with van der Waals surface area (Å²) in [5.41, 5.74) is 6.96. The lowest BCUT2D eigenvalue weighted by molar-refractivity contribution is 0.427. The molecule has 1 aliphatic heterocycles. The maximum Gasteiger partial charge on any atom is 0.214 e. The van der Waals surface area contributed by atoms with E-state index in [0.717, 1.165) is 18.4 Å². The van der Waals surface area contributed by atoms with E-state index in [1.807, 2.05) is 18.2 Å². The zero-order valence-corrected chi connectivity index (χ0v) is 13.5. The van der Waals surface area contributed by atoms with E-state index in [1.165, 1.54) is 0 Å².